The number of pyridine rings is 2. The smallest absolute Gasteiger partial charge is 0.192 e. The zero-order valence-electron chi connectivity index (χ0n) is 13.3. The van der Waals surface area contributed by atoms with Crippen LogP contribution in [0.15, 0.2) is 76.9 Å². The Morgan fingerprint density at radius 1 is 0.960 bits per heavy atom. The largest absolute Gasteiger partial charge is 0.467 e. The van der Waals surface area contributed by atoms with E-state index in [4.69, 9.17) is 4.42 Å². The third-order valence-corrected chi connectivity index (χ3v) is 4.66. The molecule has 0 atom stereocenters. The monoisotopic (exact) mass is 349 g/mol. The van der Waals surface area contributed by atoms with Crippen LogP contribution < -0.4 is 0 Å². The molecule has 4 aromatic rings. The van der Waals surface area contributed by atoms with Gasteiger partial charge in [0.25, 0.3) is 0 Å². The van der Waals surface area contributed by atoms with Crippen LogP contribution in [0.1, 0.15) is 11.3 Å². The molecule has 0 N–H and O–H groups in total. The molecule has 0 aromatic carbocycles. The lowest BCUT2D eigenvalue weighted by molar-refractivity contribution is 0.485. The van der Waals surface area contributed by atoms with Crippen molar-refractivity contribution in [3.8, 4) is 11.5 Å². The van der Waals surface area contributed by atoms with E-state index in [9.17, 15) is 0 Å². The molecule has 0 unspecified atom stereocenters. The molecular weight excluding hydrogens is 334 g/mol. The van der Waals surface area contributed by atoms with Gasteiger partial charge in [0.1, 0.15) is 11.5 Å². The zero-order chi connectivity index (χ0) is 16.9. The summed E-state index contributed by atoms with van der Waals surface area (Å²) in [5.41, 5.74) is 1.98. The average Bonchev–Trinajstić information content (AvgIpc) is 3.32. The lowest BCUT2D eigenvalue weighted by Crippen LogP contribution is -2.04. The summed E-state index contributed by atoms with van der Waals surface area (Å²) in [6.45, 7) is 0.560. The Morgan fingerprint density at radius 3 is 2.64 bits per heavy atom. The molecule has 0 aliphatic carbocycles. The zero-order valence-corrected chi connectivity index (χ0v) is 14.1. The van der Waals surface area contributed by atoms with Crippen molar-refractivity contribution in [1.82, 2.24) is 24.7 Å². The quantitative estimate of drug-likeness (QED) is 0.495. The van der Waals surface area contributed by atoms with Gasteiger partial charge in [-0.3, -0.25) is 14.5 Å². The minimum atomic E-state index is 0.560. The van der Waals surface area contributed by atoms with Crippen molar-refractivity contribution < 1.29 is 4.42 Å². The number of thioether (sulfide) groups is 1. The van der Waals surface area contributed by atoms with Gasteiger partial charge in [-0.15, -0.1) is 10.2 Å². The van der Waals surface area contributed by atoms with Gasteiger partial charge in [0, 0.05) is 24.3 Å². The Morgan fingerprint density at radius 2 is 1.88 bits per heavy atom. The van der Waals surface area contributed by atoms with Crippen molar-refractivity contribution in [1.29, 1.82) is 0 Å². The maximum Gasteiger partial charge on any atom is 0.192 e. The highest BCUT2D eigenvalue weighted by atomic mass is 32.2. The highest BCUT2D eigenvalue weighted by Gasteiger charge is 2.16. The number of nitrogens with zero attached hydrogens (tertiary/aromatic N) is 5. The van der Waals surface area contributed by atoms with Gasteiger partial charge < -0.3 is 4.42 Å². The standard InChI is InChI=1S/C18H15N5OS/c1-2-8-20-16(5-1)17-21-22-18(23(17)12-15-4-3-11-24-15)25-13-14-6-9-19-10-7-14/h1-11H,12-13H2. The maximum atomic E-state index is 5.50. The first-order valence-corrected chi connectivity index (χ1v) is 8.77. The lowest BCUT2D eigenvalue weighted by Gasteiger charge is -2.08. The van der Waals surface area contributed by atoms with Gasteiger partial charge in [0.05, 0.1) is 12.8 Å². The van der Waals surface area contributed by atoms with Crippen molar-refractivity contribution in [3.05, 3.63) is 78.6 Å². The molecule has 6 nitrogen and oxygen atoms in total. The number of hydrogen-bond acceptors (Lipinski definition) is 6. The molecule has 0 spiro atoms. The first-order valence-electron chi connectivity index (χ1n) is 7.79. The van der Waals surface area contributed by atoms with Crippen LogP contribution in [0.3, 0.4) is 0 Å². The lowest BCUT2D eigenvalue weighted by atomic mass is 10.3. The molecule has 0 bridgehead atoms. The molecular formula is C18H15N5OS. The SMILES string of the molecule is c1ccc(-c2nnc(SCc3ccncc3)n2Cc2ccco2)nc1. The summed E-state index contributed by atoms with van der Waals surface area (Å²) in [4.78, 5) is 8.45. The van der Waals surface area contributed by atoms with Crippen molar-refractivity contribution >= 4 is 11.8 Å². The molecule has 7 heteroatoms. The molecule has 0 fully saturated rings. The minimum Gasteiger partial charge on any atom is -0.467 e. The number of furan rings is 1. The van der Waals surface area contributed by atoms with E-state index < -0.39 is 0 Å². The minimum absolute atomic E-state index is 0.560. The second kappa shape index (κ2) is 7.31. The molecule has 4 heterocycles. The van der Waals surface area contributed by atoms with E-state index in [1.54, 1.807) is 36.6 Å². The van der Waals surface area contributed by atoms with E-state index in [1.807, 2.05) is 47.0 Å². The van der Waals surface area contributed by atoms with E-state index in [2.05, 4.69) is 20.2 Å². The predicted octanol–water partition coefficient (Wildman–Crippen LogP) is 3.67. The van der Waals surface area contributed by atoms with Gasteiger partial charge >= 0.3 is 0 Å². The van der Waals surface area contributed by atoms with Crippen LogP contribution in [0, 0.1) is 0 Å². The second-order valence-corrected chi connectivity index (χ2v) is 6.27. The average molecular weight is 349 g/mol. The van der Waals surface area contributed by atoms with Gasteiger partial charge in [-0.05, 0) is 42.0 Å². The van der Waals surface area contributed by atoms with E-state index in [-0.39, 0.29) is 0 Å². The number of hydrogen-bond donors (Lipinski definition) is 0. The fourth-order valence-corrected chi connectivity index (χ4v) is 3.30. The molecule has 0 aliphatic heterocycles. The van der Waals surface area contributed by atoms with Gasteiger partial charge in [-0.2, -0.15) is 0 Å². The van der Waals surface area contributed by atoms with Crippen molar-refractivity contribution in [2.75, 3.05) is 0 Å². The summed E-state index contributed by atoms with van der Waals surface area (Å²) >= 11 is 1.63. The molecule has 4 rings (SSSR count). The van der Waals surface area contributed by atoms with Crippen LogP contribution in [0.2, 0.25) is 0 Å². The summed E-state index contributed by atoms with van der Waals surface area (Å²) in [7, 11) is 0. The van der Waals surface area contributed by atoms with E-state index in [0.29, 0.717) is 6.54 Å². The third kappa shape index (κ3) is 3.61. The maximum absolute atomic E-state index is 5.50. The fraction of sp³-hybridized carbons (Fsp3) is 0.111. The Hall–Kier alpha value is -2.93. The van der Waals surface area contributed by atoms with Crippen LogP contribution in [0.5, 0.6) is 0 Å². The third-order valence-electron chi connectivity index (χ3n) is 3.62. The van der Waals surface area contributed by atoms with Crippen LogP contribution >= 0.6 is 11.8 Å². The summed E-state index contributed by atoms with van der Waals surface area (Å²) in [6, 6.07) is 13.6. The van der Waals surface area contributed by atoms with Gasteiger partial charge in [-0.25, -0.2) is 0 Å². The van der Waals surface area contributed by atoms with Gasteiger partial charge in [0.15, 0.2) is 11.0 Å². The molecule has 25 heavy (non-hydrogen) atoms. The molecule has 0 saturated carbocycles. The molecule has 124 valence electrons. The summed E-state index contributed by atoms with van der Waals surface area (Å²) in [5, 5.41) is 9.55. The summed E-state index contributed by atoms with van der Waals surface area (Å²) in [6.07, 6.45) is 7.01. The predicted molar refractivity (Wildman–Crippen MR) is 94.9 cm³/mol. The van der Waals surface area contributed by atoms with E-state index >= 15 is 0 Å². The topological polar surface area (TPSA) is 69.6 Å². The molecule has 0 aliphatic rings. The molecule has 0 saturated heterocycles. The van der Waals surface area contributed by atoms with Crippen molar-refractivity contribution in [2.24, 2.45) is 0 Å². The molecule has 0 amide bonds. The second-order valence-electron chi connectivity index (χ2n) is 5.33. The van der Waals surface area contributed by atoms with Gasteiger partial charge in [0.2, 0.25) is 0 Å². The normalized spacial score (nSPS) is 10.9. The Kier molecular flexibility index (Phi) is 4.56. The van der Waals surface area contributed by atoms with E-state index in [1.165, 1.54) is 5.56 Å². The Labute approximate surface area is 149 Å². The summed E-state index contributed by atoms with van der Waals surface area (Å²) in [5.74, 6) is 2.37. The van der Waals surface area contributed by atoms with E-state index in [0.717, 1.165) is 28.2 Å². The van der Waals surface area contributed by atoms with Crippen LogP contribution in [0.25, 0.3) is 11.5 Å². The highest BCUT2D eigenvalue weighted by Crippen LogP contribution is 2.26. The first kappa shape index (κ1) is 15.6. The van der Waals surface area contributed by atoms with Gasteiger partial charge in [-0.1, -0.05) is 17.8 Å². The van der Waals surface area contributed by atoms with Crippen molar-refractivity contribution in [3.63, 3.8) is 0 Å². The fourth-order valence-electron chi connectivity index (χ4n) is 2.41. The Balaban J connectivity index is 1.65. The van der Waals surface area contributed by atoms with Crippen LogP contribution in [-0.4, -0.2) is 24.7 Å². The number of aromatic nitrogens is 5. The Bertz CT molecular complexity index is 923. The van der Waals surface area contributed by atoms with Crippen LogP contribution in [-0.2, 0) is 12.3 Å². The summed E-state index contributed by atoms with van der Waals surface area (Å²) < 4.78 is 7.54. The first-order chi connectivity index (χ1) is 12.4. The van der Waals surface area contributed by atoms with Crippen molar-refractivity contribution in [2.45, 2.75) is 17.5 Å². The molecule has 0 radical (unpaired) electrons. The van der Waals surface area contributed by atoms with Crippen LogP contribution in [0.4, 0.5) is 0 Å². The molecule has 4 aromatic heterocycles. The number of rotatable bonds is 6. The highest BCUT2D eigenvalue weighted by molar-refractivity contribution is 7.98.